The Bertz CT molecular complexity index is 284. The average Bonchev–Trinajstić information content (AvgIpc) is 2.29. The maximum absolute atomic E-state index is 5.45. The second-order valence-electron chi connectivity index (χ2n) is 4.66. The molecule has 0 fully saturated rings. The monoisotopic (exact) mass is 284 g/mol. The van der Waals surface area contributed by atoms with Crippen molar-refractivity contribution >= 4 is 16.3 Å². The number of halogens is 1. The second kappa shape index (κ2) is 7.08. The smallest absolute Gasteiger partial charge is 0.0991 e. The molecule has 90 valence electrons. The first-order chi connectivity index (χ1) is 7.69. The molecule has 1 rings (SSSR count). The van der Waals surface area contributed by atoms with Gasteiger partial charge in [-0.2, -0.15) is 0 Å². The lowest BCUT2D eigenvalue weighted by atomic mass is 9.86. The number of benzene rings is 1. The van der Waals surface area contributed by atoms with E-state index < -0.39 is 0 Å². The summed E-state index contributed by atoms with van der Waals surface area (Å²) in [6.07, 6.45) is 2.51. The number of hydrogen-bond donors (Lipinski definition) is 0. The van der Waals surface area contributed by atoms with Crippen molar-refractivity contribution in [3.05, 3.63) is 35.9 Å². The predicted octanol–water partition coefficient (Wildman–Crippen LogP) is 4.61. The van der Waals surface area contributed by atoms with Gasteiger partial charge in [-0.25, -0.2) is 0 Å². The van der Waals surface area contributed by atoms with E-state index >= 15 is 0 Å². The van der Waals surface area contributed by atoms with Gasteiger partial charge in [-0.15, -0.1) is 0 Å². The average molecular weight is 285 g/mol. The van der Waals surface area contributed by atoms with Crippen molar-refractivity contribution in [3.8, 4) is 0 Å². The Balaban J connectivity index is 2.68. The van der Waals surface area contributed by atoms with E-state index in [9.17, 15) is 0 Å². The van der Waals surface area contributed by atoms with Crippen LogP contribution in [-0.2, 0) is 10.2 Å². The Morgan fingerprint density at radius 1 is 1.19 bits per heavy atom. The Morgan fingerprint density at radius 3 is 2.25 bits per heavy atom. The fourth-order valence-electron chi connectivity index (χ4n) is 2.13. The third-order valence-corrected chi connectivity index (χ3v) is 3.52. The topological polar surface area (TPSA) is 9.23 Å². The van der Waals surface area contributed by atoms with E-state index in [2.05, 4.69) is 67.4 Å². The van der Waals surface area contributed by atoms with Gasteiger partial charge in [0.2, 0.25) is 0 Å². The molecule has 0 aliphatic rings. The van der Waals surface area contributed by atoms with Gasteiger partial charge >= 0.3 is 0 Å². The highest BCUT2D eigenvalue weighted by Gasteiger charge is 2.23. The molecule has 0 aliphatic carbocycles. The van der Waals surface area contributed by atoms with Crippen molar-refractivity contribution < 1.29 is 3.83 Å². The van der Waals surface area contributed by atoms with Crippen LogP contribution in [0.3, 0.4) is 0 Å². The molecule has 0 bridgehead atoms. The van der Waals surface area contributed by atoms with Crippen molar-refractivity contribution in [1.82, 2.24) is 0 Å². The second-order valence-corrected chi connectivity index (χ2v) is 5.03. The van der Waals surface area contributed by atoms with Crippen molar-refractivity contribution in [1.29, 1.82) is 0 Å². The van der Waals surface area contributed by atoms with Gasteiger partial charge in [0.15, 0.2) is 0 Å². The zero-order chi connectivity index (χ0) is 12.0. The summed E-state index contributed by atoms with van der Waals surface area (Å²) in [6.45, 7) is 6.65. The van der Waals surface area contributed by atoms with Gasteiger partial charge in [-0.3, -0.25) is 0 Å². The molecule has 0 amide bonds. The highest BCUT2D eigenvalue weighted by Crippen LogP contribution is 2.25. The van der Waals surface area contributed by atoms with Crippen LogP contribution in [0.2, 0.25) is 0 Å². The van der Waals surface area contributed by atoms with Crippen LogP contribution in [0.25, 0.3) is 0 Å². The standard InChI is InChI=1S/C14H21BrO/c1-4-13(14(16-15)11(2)3)10-12-8-6-5-7-9-12/h5-9,11,13-14H,4,10H2,1-3H3/t13-,14?/m0/s1. The Kier molecular flexibility index (Phi) is 6.07. The van der Waals surface area contributed by atoms with Crippen molar-refractivity contribution in [3.63, 3.8) is 0 Å². The number of rotatable bonds is 6. The van der Waals surface area contributed by atoms with Gasteiger partial charge in [0, 0.05) is 0 Å². The fraction of sp³-hybridized carbons (Fsp3) is 0.571. The van der Waals surface area contributed by atoms with Gasteiger partial charge in [0.25, 0.3) is 0 Å². The molecule has 16 heavy (non-hydrogen) atoms. The molecule has 0 saturated heterocycles. The normalized spacial score (nSPS) is 15.1. The molecule has 0 aliphatic heterocycles. The van der Waals surface area contributed by atoms with Crippen LogP contribution in [0.15, 0.2) is 30.3 Å². The van der Waals surface area contributed by atoms with Crippen LogP contribution in [0.5, 0.6) is 0 Å². The van der Waals surface area contributed by atoms with Crippen LogP contribution in [0, 0.1) is 11.8 Å². The lowest BCUT2D eigenvalue weighted by molar-refractivity contribution is 0.120. The van der Waals surface area contributed by atoms with Gasteiger partial charge in [0.1, 0.15) is 0 Å². The summed E-state index contributed by atoms with van der Waals surface area (Å²) in [5.74, 6) is 1.11. The van der Waals surface area contributed by atoms with Crippen LogP contribution >= 0.6 is 16.3 Å². The molecule has 0 N–H and O–H groups in total. The SMILES string of the molecule is CC[C@@H](Cc1ccccc1)C(OBr)C(C)C. The first-order valence-electron chi connectivity index (χ1n) is 6.00. The molecule has 1 nitrogen and oxygen atoms in total. The third kappa shape index (κ3) is 3.91. The lowest BCUT2D eigenvalue weighted by Crippen LogP contribution is -2.27. The van der Waals surface area contributed by atoms with E-state index in [0.717, 1.165) is 12.8 Å². The summed E-state index contributed by atoms with van der Waals surface area (Å²) in [6, 6.07) is 10.6. The van der Waals surface area contributed by atoms with Gasteiger partial charge in [-0.05, 0) is 23.8 Å². The summed E-state index contributed by atoms with van der Waals surface area (Å²) in [5.41, 5.74) is 1.39. The van der Waals surface area contributed by atoms with E-state index in [1.807, 2.05) is 0 Å². The number of hydrogen-bond acceptors (Lipinski definition) is 1. The molecular weight excluding hydrogens is 264 g/mol. The van der Waals surface area contributed by atoms with Crippen LogP contribution in [-0.4, -0.2) is 6.10 Å². The summed E-state index contributed by atoms with van der Waals surface area (Å²) in [7, 11) is 0. The minimum Gasteiger partial charge on any atom is -0.304 e. The first-order valence-corrected chi connectivity index (χ1v) is 6.65. The molecule has 2 atom stereocenters. The highest BCUT2D eigenvalue weighted by atomic mass is 79.9. The maximum Gasteiger partial charge on any atom is 0.0991 e. The minimum absolute atomic E-state index is 0.283. The Morgan fingerprint density at radius 2 is 1.81 bits per heavy atom. The van der Waals surface area contributed by atoms with E-state index in [-0.39, 0.29) is 6.10 Å². The quantitative estimate of drug-likeness (QED) is 0.741. The molecule has 0 aromatic heterocycles. The zero-order valence-corrected chi connectivity index (χ0v) is 11.9. The molecule has 0 radical (unpaired) electrons. The lowest BCUT2D eigenvalue weighted by Gasteiger charge is -2.27. The molecule has 1 unspecified atom stereocenters. The molecule has 1 aromatic carbocycles. The summed E-state index contributed by atoms with van der Waals surface area (Å²) in [4.78, 5) is 0. The molecule has 0 spiro atoms. The summed E-state index contributed by atoms with van der Waals surface area (Å²) in [5, 5.41) is 0. The third-order valence-electron chi connectivity index (χ3n) is 3.09. The van der Waals surface area contributed by atoms with E-state index in [1.54, 1.807) is 0 Å². The summed E-state index contributed by atoms with van der Waals surface area (Å²) < 4.78 is 5.45. The predicted molar refractivity (Wildman–Crippen MR) is 72.6 cm³/mol. The highest BCUT2D eigenvalue weighted by molar-refractivity contribution is 9.06. The molecular formula is C14H21BrO. The first kappa shape index (κ1) is 13.7. The molecule has 1 aromatic rings. The van der Waals surface area contributed by atoms with Gasteiger partial charge in [-0.1, -0.05) is 57.5 Å². The Hall–Kier alpha value is -0.340. The maximum atomic E-state index is 5.45. The van der Waals surface area contributed by atoms with Gasteiger partial charge in [0.05, 0.1) is 22.4 Å². The molecule has 0 saturated carbocycles. The Labute approximate surface area is 108 Å². The largest absolute Gasteiger partial charge is 0.304 e. The van der Waals surface area contributed by atoms with Crippen LogP contribution < -0.4 is 0 Å². The molecule has 2 heteroatoms. The van der Waals surface area contributed by atoms with Gasteiger partial charge < -0.3 is 3.83 Å². The van der Waals surface area contributed by atoms with Crippen molar-refractivity contribution in [2.75, 3.05) is 0 Å². The summed E-state index contributed by atoms with van der Waals surface area (Å²) >= 11 is 3.17. The zero-order valence-electron chi connectivity index (χ0n) is 10.3. The fourth-order valence-corrected chi connectivity index (χ4v) is 2.87. The molecule has 0 heterocycles. The van der Waals surface area contributed by atoms with Crippen molar-refractivity contribution in [2.24, 2.45) is 11.8 Å². The van der Waals surface area contributed by atoms with Crippen LogP contribution in [0.1, 0.15) is 32.8 Å². The minimum atomic E-state index is 0.283. The van der Waals surface area contributed by atoms with Crippen molar-refractivity contribution in [2.45, 2.75) is 39.7 Å². The van der Waals surface area contributed by atoms with E-state index in [0.29, 0.717) is 11.8 Å². The van der Waals surface area contributed by atoms with Crippen LogP contribution in [0.4, 0.5) is 0 Å². The van der Waals surface area contributed by atoms with E-state index in [4.69, 9.17) is 3.83 Å². The van der Waals surface area contributed by atoms with E-state index in [1.165, 1.54) is 5.56 Å².